The van der Waals surface area contributed by atoms with Crippen LogP contribution >= 0.6 is 22.9 Å². The maximum absolute atomic E-state index is 13.6. The summed E-state index contributed by atoms with van der Waals surface area (Å²) < 4.78 is 14.3. The van der Waals surface area contributed by atoms with Gasteiger partial charge >= 0.3 is 0 Å². The summed E-state index contributed by atoms with van der Waals surface area (Å²) in [6, 6.07) is 11.8. The highest BCUT2D eigenvalue weighted by Crippen LogP contribution is 2.29. The van der Waals surface area contributed by atoms with Crippen molar-refractivity contribution >= 4 is 50.3 Å². The molecule has 0 spiro atoms. The SMILES string of the molecule is CCN(CC)CCN(C(=O)/C=C/c1ccccc1Cl)c1nc2ccc(F)cc2s1. The van der Waals surface area contributed by atoms with E-state index in [4.69, 9.17) is 11.6 Å². The summed E-state index contributed by atoms with van der Waals surface area (Å²) in [5.41, 5.74) is 1.46. The van der Waals surface area contributed by atoms with Gasteiger partial charge in [-0.05, 0) is 49.0 Å². The molecule has 0 bridgehead atoms. The first kappa shape index (κ1) is 21.4. The number of nitrogens with zero attached hydrogens (tertiary/aromatic N) is 3. The fraction of sp³-hybridized carbons (Fsp3) is 0.273. The van der Waals surface area contributed by atoms with Gasteiger partial charge < -0.3 is 4.90 Å². The standard InChI is InChI=1S/C22H23ClFN3OS/c1-3-26(4-2)13-14-27(21(28)12-9-16-7-5-6-8-18(16)23)22-25-19-11-10-17(24)15-20(19)29-22/h5-12,15H,3-4,13-14H2,1-2H3/b12-9+. The largest absolute Gasteiger partial charge is 0.302 e. The van der Waals surface area contributed by atoms with Gasteiger partial charge in [0.15, 0.2) is 5.13 Å². The van der Waals surface area contributed by atoms with E-state index in [0.29, 0.717) is 22.2 Å². The molecular weight excluding hydrogens is 409 g/mol. The lowest BCUT2D eigenvalue weighted by Crippen LogP contribution is -2.38. The van der Waals surface area contributed by atoms with Gasteiger partial charge in [0, 0.05) is 24.2 Å². The van der Waals surface area contributed by atoms with Crippen LogP contribution in [0, 0.1) is 5.82 Å². The Bertz CT molecular complexity index is 1020. The average Bonchev–Trinajstić information content (AvgIpc) is 3.13. The monoisotopic (exact) mass is 431 g/mol. The number of hydrogen-bond acceptors (Lipinski definition) is 4. The Balaban J connectivity index is 1.88. The van der Waals surface area contributed by atoms with E-state index in [-0.39, 0.29) is 11.7 Å². The van der Waals surface area contributed by atoms with Crippen LogP contribution in [0.4, 0.5) is 9.52 Å². The van der Waals surface area contributed by atoms with E-state index in [9.17, 15) is 9.18 Å². The lowest BCUT2D eigenvalue weighted by molar-refractivity contribution is -0.114. The predicted octanol–water partition coefficient (Wildman–Crippen LogP) is 5.48. The van der Waals surface area contributed by atoms with Gasteiger partial charge in [0.25, 0.3) is 5.91 Å². The number of carbonyl (C=O) groups excluding carboxylic acids is 1. The molecule has 4 nitrogen and oxygen atoms in total. The van der Waals surface area contributed by atoms with Crippen molar-refractivity contribution in [2.24, 2.45) is 0 Å². The normalized spacial score (nSPS) is 11.6. The number of aromatic nitrogens is 1. The Kier molecular flexibility index (Phi) is 7.36. The summed E-state index contributed by atoms with van der Waals surface area (Å²) in [5, 5.41) is 1.15. The van der Waals surface area contributed by atoms with Crippen molar-refractivity contribution in [2.45, 2.75) is 13.8 Å². The van der Waals surface area contributed by atoms with Gasteiger partial charge in [-0.25, -0.2) is 9.37 Å². The minimum absolute atomic E-state index is 0.184. The Morgan fingerprint density at radius 3 is 2.66 bits per heavy atom. The summed E-state index contributed by atoms with van der Waals surface area (Å²) in [5.74, 6) is -0.496. The van der Waals surface area contributed by atoms with Crippen molar-refractivity contribution in [3.63, 3.8) is 0 Å². The number of hydrogen-bond donors (Lipinski definition) is 0. The van der Waals surface area contributed by atoms with Crippen LogP contribution < -0.4 is 4.90 Å². The zero-order valence-electron chi connectivity index (χ0n) is 16.4. The third kappa shape index (κ3) is 5.41. The average molecular weight is 432 g/mol. The zero-order chi connectivity index (χ0) is 20.8. The molecule has 3 rings (SSSR count). The van der Waals surface area contributed by atoms with E-state index >= 15 is 0 Å². The third-order valence-corrected chi connectivity index (χ3v) is 6.07. The van der Waals surface area contributed by atoms with Gasteiger partial charge in [0.2, 0.25) is 0 Å². The van der Waals surface area contributed by atoms with E-state index in [2.05, 4.69) is 23.7 Å². The van der Waals surface area contributed by atoms with Gasteiger partial charge in [-0.1, -0.05) is 55.0 Å². The van der Waals surface area contributed by atoms with Crippen molar-refractivity contribution in [3.05, 3.63) is 64.9 Å². The molecule has 0 aliphatic carbocycles. The first-order chi connectivity index (χ1) is 14.0. The van der Waals surface area contributed by atoms with Crippen molar-refractivity contribution in [1.82, 2.24) is 9.88 Å². The number of benzene rings is 2. The lowest BCUT2D eigenvalue weighted by Gasteiger charge is -2.23. The van der Waals surface area contributed by atoms with Crippen LogP contribution in [0.15, 0.2) is 48.5 Å². The summed E-state index contributed by atoms with van der Waals surface area (Å²) >= 11 is 7.50. The fourth-order valence-corrected chi connectivity index (χ4v) is 4.17. The maximum atomic E-state index is 13.6. The second-order valence-corrected chi connectivity index (χ2v) is 7.90. The lowest BCUT2D eigenvalue weighted by atomic mass is 10.2. The Labute approximate surface area is 179 Å². The number of fused-ring (bicyclic) bond motifs is 1. The molecule has 0 saturated heterocycles. The molecular formula is C22H23ClFN3OS. The van der Waals surface area contributed by atoms with E-state index in [1.165, 1.54) is 29.5 Å². The molecule has 29 heavy (non-hydrogen) atoms. The molecule has 0 aliphatic heterocycles. The Morgan fingerprint density at radius 2 is 1.93 bits per heavy atom. The predicted molar refractivity (Wildman–Crippen MR) is 120 cm³/mol. The van der Waals surface area contributed by atoms with E-state index < -0.39 is 0 Å². The fourth-order valence-electron chi connectivity index (χ4n) is 2.94. The smallest absolute Gasteiger partial charge is 0.252 e. The van der Waals surface area contributed by atoms with Crippen molar-refractivity contribution in [3.8, 4) is 0 Å². The third-order valence-electron chi connectivity index (χ3n) is 4.68. The highest BCUT2D eigenvalue weighted by molar-refractivity contribution is 7.22. The molecule has 1 amide bonds. The number of carbonyl (C=O) groups is 1. The van der Waals surface area contributed by atoms with Gasteiger partial charge in [0.05, 0.1) is 10.2 Å². The Morgan fingerprint density at radius 1 is 1.17 bits per heavy atom. The van der Waals surface area contributed by atoms with Crippen LogP contribution in [-0.4, -0.2) is 42.0 Å². The molecule has 7 heteroatoms. The van der Waals surface area contributed by atoms with E-state index in [1.807, 2.05) is 18.2 Å². The highest BCUT2D eigenvalue weighted by atomic mass is 35.5. The molecule has 0 saturated carbocycles. The molecule has 0 unspecified atom stereocenters. The van der Waals surface area contributed by atoms with E-state index in [0.717, 1.165) is 29.9 Å². The molecule has 3 aromatic rings. The number of halogens is 2. The number of thiazole rings is 1. The van der Waals surface area contributed by atoms with Crippen LogP contribution in [0.1, 0.15) is 19.4 Å². The summed E-state index contributed by atoms with van der Waals surface area (Å²) in [7, 11) is 0. The van der Waals surface area contributed by atoms with Crippen molar-refractivity contribution in [2.75, 3.05) is 31.1 Å². The van der Waals surface area contributed by atoms with Crippen LogP contribution in [0.3, 0.4) is 0 Å². The second kappa shape index (κ2) is 9.96. The molecule has 152 valence electrons. The Hall–Kier alpha value is -2.28. The molecule has 0 fully saturated rings. The van der Waals surface area contributed by atoms with Crippen LogP contribution in [-0.2, 0) is 4.79 Å². The molecule has 1 aromatic heterocycles. The molecule has 1 heterocycles. The maximum Gasteiger partial charge on any atom is 0.252 e. The molecule has 0 N–H and O–H groups in total. The number of anilines is 1. The van der Waals surface area contributed by atoms with Crippen molar-refractivity contribution < 1.29 is 9.18 Å². The van der Waals surface area contributed by atoms with Gasteiger partial charge in [-0.2, -0.15) is 0 Å². The number of rotatable bonds is 8. The minimum atomic E-state index is -0.313. The zero-order valence-corrected chi connectivity index (χ0v) is 18.0. The van der Waals surface area contributed by atoms with Crippen LogP contribution in [0.5, 0.6) is 0 Å². The summed E-state index contributed by atoms with van der Waals surface area (Å²) in [6.45, 7) is 7.21. The van der Waals surface area contributed by atoms with E-state index in [1.54, 1.807) is 23.1 Å². The minimum Gasteiger partial charge on any atom is -0.302 e. The van der Waals surface area contributed by atoms with Gasteiger partial charge in [-0.15, -0.1) is 0 Å². The van der Waals surface area contributed by atoms with Crippen molar-refractivity contribution in [1.29, 1.82) is 0 Å². The highest BCUT2D eigenvalue weighted by Gasteiger charge is 2.19. The van der Waals surface area contributed by atoms with Crippen LogP contribution in [0.2, 0.25) is 5.02 Å². The molecule has 0 atom stereocenters. The van der Waals surface area contributed by atoms with Gasteiger partial charge in [-0.3, -0.25) is 9.69 Å². The molecule has 0 radical (unpaired) electrons. The summed E-state index contributed by atoms with van der Waals surface area (Å²) in [4.78, 5) is 21.5. The quantitative estimate of drug-likeness (QED) is 0.443. The summed E-state index contributed by atoms with van der Waals surface area (Å²) in [6.07, 6.45) is 3.22. The number of amides is 1. The molecule has 2 aromatic carbocycles. The first-order valence-electron chi connectivity index (χ1n) is 9.54. The second-order valence-electron chi connectivity index (χ2n) is 6.48. The topological polar surface area (TPSA) is 36.4 Å². The van der Waals surface area contributed by atoms with Crippen LogP contribution in [0.25, 0.3) is 16.3 Å². The van der Waals surface area contributed by atoms with Gasteiger partial charge in [0.1, 0.15) is 5.82 Å². The molecule has 0 aliphatic rings. The first-order valence-corrected chi connectivity index (χ1v) is 10.7. The number of likely N-dealkylation sites (N-methyl/N-ethyl adjacent to an activating group) is 1.